The van der Waals surface area contributed by atoms with E-state index in [2.05, 4.69) is 55.3 Å². The van der Waals surface area contributed by atoms with Crippen molar-refractivity contribution in [3.05, 3.63) is 29.8 Å². The summed E-state index contributed by atoms with van der Waals surface area (Å²) in [6.45, 7) is 10.2. The highest BCUT2D eigenvalue weighted by Crippen LogP contribution is 2.29. The molecular formula is C18H28N2O. The number of para-hydroxylation sites is 1. The highest BCUT2D eigenvalue weighted by Gasteiger charge is 2.32. The van der Waals surface area contributed by atoms with E-state index in [1.807, 2.05) is 0 Å². The van der Waals surface area contributed by atoms with Crippen molar-refractivity contribution in [2.75, 3.05) is 19.6 Å². The quantitative estimate of drug-likeness (QED) is 0.922. The summed E-state index contributed by atoms with van der Waals surface area (Å²) in [6.07, 6.45) is 2.59. The maximum absolute atomic E-state index is 6.14. The highest BCUT2D eigenvalue weighted by molar-refractivity contribution is 5.37. The summed E-state index contributed by atoms with van der Waals surface area (Å²) >= 11 is 0. The van der Waals surface area contributed by atoms with Crippen molar-refractivity contribution in [1.82, 2.24) is 10.2 Å². The van der Waals surface area contributed by atoms with Gasteiger partial charge in [0, 0.05) is 38.1 Å². The molecule has 0 amide bonds. The molecule has 3 nitrogen and oxygen atoms in total. The molecule has 1 aromatic rings. The molecule has 2 aliphatic heterocycles. The van der Waals surface area contributed by atoms with Crippen molar-refractivity contribution in [2.45, 2.75) is 51.8 Å². The molecule has 2 aliphatic rings. The monoisotopic (exact) mass is 288 g/mol. The second kappa shape index (κ2) is 6.37. The lowest BCUT2D eigenvalue weighted by molar-refractivity contribution is 0.0688. The molecule has 3 atom stereocenters. The number of ether oxygens (including phenoxy) is 1. The van der Waals surface area contributed by atoms with Crippen LogP contribution in [-0.2, 0) is 6.42 Å². The number of rotatable bonds is 4. The van der Waals surface area contributed by atoms with Crippen LogP contribution < -0.4 is 10.1 Å². The Labute approximate surface area is 128 Å². The molecule has 116 valence electrons. The summed E-state index contributed by atoms with van der Waals surface area (Å²) < 4.78 is 6.14. The van der Waals surface area contributed by atoms with E-state index in [4.69, 9.17) is 4.74 Å². The zero-order chi connectivity index (χ0) is 14.8. The molecule has 1 N–H and O–H groups in total. The van der Waals surface area contributed by atoms with Gasteiger partial charge in [-0.2, -0.15) is 0 Å². The average Bonchev–Trinajstić information content (AvgIpc) is 2.89. The molecule has 0 radical (unpaired) electrons. The number of benzene rings is 1. The SMILES string of the molecule is CCC1CNC(C(C)C)CN1CC1Cc2ccccc2O1. The van der Waals surface area contributed by atoms with E-state index in [-0.39, 0.29) is 0 Å². The van der Waals surface area contributed by atoms with E-state index in [9.17, 15) is 0 Å². The molecule has 0 aliphatic carbocycles. The van der Waals surface area contributed by atoms with Crippen LogP contribution in [0.15, 0.2) is 24.3 Å². The largest absolute Gasteiger partial charge is 0.488 e. The van der Waals surface area contributed by atoms with Gasteiger partial charge in [-0.05, 0) is 24.0 Å². The van der Waals surface area contributed by atoms with E-state index < -0.39 is 0 Å². The Morgan fingerprint density at radius 2 is 2.14 bits per heavy atom. The fourth-order valence-corrected chi connectivity index (χ4v) is 3.57. The Hall–Kier alpha value is -1.06. The van der Waals surface area contributed by atoms with Gasteiger partial charge in [-0.15, -0.1) is 0 Å². The summed E-state index contributed by atoms with van der Waals surface area (Å²) in [6, 6.07) is 9.72. The highest BCUT2D eigenvalue weighted by atomic mass is 16.5. The third-order valence-electron chi connectivity index (χ3n) is 4.99. The summed E-state index contributed by atoms with van der Waals surface area (Å²) in [5.74, 6) is 1.78. The summed E-state index contributed by atoms with van der Waals surface area (Å²) in [5.41, 5.74) is 1.37. The fourth-order valence-electron chi connectivity index (χ4n) is 3.57. The Balaban J connectivity index is 1.63. The molecule has 21 heavy (non-hydrogen) atoms. The van der Waals surface area contributed by atoms with Crippen molar-refractivity contribution in [2.24, 2.45) is 5.92 Å². The molecule has 0 spiro atoms. The van der Waals surface area contributed by atoms with Gasteiger partial charge in [-0.25, -0.2) is 0 Å². The minimum atomic E-state index is 0.322. The van der Waals surface area contributed by atoms with Gasteiger partial charge < -0.3 is 10.1 Å². The van der Waals surface area contributed by atoms with Gasteiger partial charge in [0.25, 0.3) is 0 Å². The van der Waals surface area contributed by atoms with Crippen molar-refractivity contribution < 1.29 is 4.74 Å². The van der Waals surface area contributed by atoms with Crippen LogP contribution in [0.4, 0.5) is 0 Å². The van der Waals surface area contributed by atoms with Crippen LogP contribution in [0.1, 0.15) is 32.8 Å². The van der Waals surface area contributed by atoms with Gasteiger partial charge in [-0.3, -0.25) is 4.90 Å². The Kier molecular flexibility index (Phi) is 4.51. The average molecular weight is 288 g/mol. The molecule has 2 heterocycles. The zero-order valence-electron chi connectivity index (χ0n) is 13.5. The first-order chi connectivity index (χ1) is 10.2. The smallest absolute Gasteiger partial charge is 0.123 e. The maximum Gasteiger partial charge on any atom is 0.123 e. The van der Waals surface area contributed by atoms with Gasteiger partial charge in [0.05, 0.1) is 0 Å². The van der Waals surface area contributed by atoms with E-state index in [0.717, 1.165) is 31.8 Å². The Bertz CT molecular complexity index is 449. The van der Waals surface area contributed by atoms with Crippen molar-refractivity contribution in [1.29, 1.82) is 0 Å². The minimum Gasteiger partial charge on any atom is -0.488 e. The molecule has 1 saturated heterocycles. The lowest BCUT2D eigenvalue weighted by Crippen LogP contribution is -2.59. The predicted octanol–water partition coefficient (Wildman–Crippen LogP) is 2.70. The van der Waals surface area contributed by atoms with Gasteiger partial charge >= 0.3 is 0 Å². The summed E-state index contributed by atoms with van der Waals surface area (Å²) in [4.78, 5) is 2.65. The first-order valence-electron chi connectivity index (χ1n) is 8.39. The van der Waals surface area contributed by atoms with Crippen LogP contribution in [0.25, 0.3) is 0 Å². The molecule has 3 rings (SSSR count). The molecule has 0 bridgehead atoms. The number of nitrogens with one attached hydrogen (secondary N) is 1. The van der Waals surface area contributed by atoms with E-state index >= 15 is 0 Å². The van der Waals surface area contributed by atoms with Crippen LogP contribution in [0.2, 0.25) is 0 Å². The van der Waals surface area contributed by atoms with E-state index in [1.54, 1.807) is 0 Å². The number of nitrogens with zero attached hydrogens (tertiary/aromatic N) is 1. The lowest BCUT2D eigenvalue weighted by Gasteiger charge is -2.42. The number of hydrogen-bond donors (Lipinski definition) is 1. The number of piperazine rings is 1. The van der Waals surface area contributed by atoms with Crippen LogP contribution >= 0.6 is 0 Å². The minimum absolute atomic E-state index is 0.322. The molecule has 0 saturated carbocycles. The van der Waals surface area contributed by atoms with Crippen LogP contribution in [0.5, 0.6) is 5.75 Å². The van der Waals surface area contributed by atoms with Crippen LogP contribution in [0, 0.1) is 5.92 Å². The topological polar surface area (TPSA) is 24.5 Å². The number of hydrogen-bond acceptors (Lipinski definition) is 3. The van der Waals surface area contributed by atoms with Crippen molar-refractivity contribution in [3.63, 3.8) is 0 Å². The third-order valence-corrected chi connectivity index (χ3v) is 4.99. The fraction of sp³-hybridized carbons (Fsp3) is 0.667. The first-order valence-corrected chi connectivity index (χ1v) is 8.39. The molecule has 3 unspecified atom stereocenters. The van der Waals surface area contributed by atoms with Gasteiger partial charge in [0.15, 0.2) is 0 Å². The molecule has 0 aromatic heterocycles. The predicted molar refractivity (Wildman–Crippen MR) is 86.8 cm³/mol. The van der Waals surface area contributed by atoms with Crippen molar-refractivity contribution >= 4 is 0 Å². The van der Waals surface area contributed by atoms with Gasteiger partial charge in [0.1, 0.15) is 11.9 Å². The maximum atomic E-state index is 6.14. The van der Waals surface area contributed by atoms with Crippen molar-refractivity contribution in [3.8, 4) is 5.75 Å². The van der Waals surface area contributed by atoms with Gasteiger partial charge in [0.2, 0.25) is 0 Å². The second-order valence-electron chi connectivity index (χ2n) is 6.83. The van der Waals surface area contributed by atoms with Crippen LogP contribution in [0.3, 0.4) is 0 Å². The molecule has 1 aromatic carbocycles. The van der Waals surface area contributed by atoms with E-state index in [0.29, 0.717) is 24.1 Å². The summed E-state index contributed by atoms with van der Waals surface area (Å²) in [5, 5.41) is 3.71. The zero-order valence-corrected chi connectivity index (χ0v) is 13.5. The van der Waals surface area contributed by atoms with E-state index in [1.165, 1.54) is 12.0 Å². The lowest BCUT2D eigenvalue weighted by atomic mass is 9.97. The van der Waals surface area contributed by atoms with Crippen LogP contribution in [-0.4, -0.2) is 42.7 Å². The number of fused-ring (bicyclic) bond motifs is 1. The normalized spacial score (nSPS) is 29.4. The second-order valence-corrected chi connectivity index (χ2v) is 6.83. The van der Waals surface area contributed by atoms with Gasteiger partial charge in [-0.1, -0.05) is 39.0 Å². The first kappa shape index (κ1) is 14.9. The molecular weight excluding hydrogens is 260 g/mol. The Morgan fingerprint density at radius 1 is 1.33 bits per heavy atom. The Morgan fingerprint density at radius 3 is 2.86 bits per heavy atom. The summed E-state index contributed by atoms with van der Waals surface area (Å²) in [7, 11) is 0. The standard InChI is InChI=1S/C18H28N2O/c1-4-15-10-19-17(13(2)3)12-20(15)11-16-9-14-7-5-6-8-18(14)21-16/h5-8,13,15-17,19H,4,9-12H2,1-3H3. The molecule has 1 fully saturated rings. The molecule has 3 heteroatoms. The third kappa shape index (κ3) is 3.24.